The summed E-state index contributed by atoms with van der Waals surface area (Å²) in [6.07, 6.45) is 3.90. The van der Waals surface area contributed by atoms with E-state index in [-0.39, 0.29) is 11.5 Å². The molecule has 0 spiro atoms. The van der Waals surface area contributed by atoms with Gasteiger partial charge >= 0.3 is 0 Å². The van der Waals surface area contributed by atoms with Crippen molar-refractivity contribution in [1.29, 1.82) is 0 Å². The minimum atomic E-state index is -0.377. The number of piperidine rings is 1. The zero-order valence-electron chi connectivity index (χ0n) is 9.50. The van der Waals surface area contributed by atoms with Crippen LogP contribution in [0.1, 0.15) is 18.4 Å². The number of rotatable bonds is 3. The molecule has 1 aromatic heterocycles. The Morgan fingerprint density at radius 1 is 1.50 bits per heavy atom. The SMILES string of the molecule is COC1(Cc2cccnc2F)CCNCC1. The minimum Gasteiger partial charge on any atom is -0.378 e. The molecule has 0 unspecified atom stereocenters. The molecule has 0 saturated carbocycles. The molecule has 2 rings (SSSR count). The van der Waals surface area contributed by atoms with Crippen molar-refractivity contribution in [2.24, 2.45) is 0 Å². The largest absolute Gasteiger partial charge is 0.378 e. The lowest BCUT2D eigenvalue weighted by molar-refractivity contribution is -0.0340. The first-order chi connectivity index (χ1) is 7.76. The first-order valence-corrected chi connectivity index (χ1v) is 5.61. The quantitative estimate of drug-likeness (QED) is 0.791. The molecule has 16 heavy (non-hydrogen) atoms. The van der Waals surface area contributed by atoms with E-state index in [0.717, 1.165) is 25.9 Å². The van der Waals surface area contributed by atoms with Crippen LogP contribution in [0.25, 0.3) is 0 Å². The number of hydrogen-bond donors (Lipinski definition) is 1. The maximum absolute atomic E-state index is 13.5. The van der Waals surface area contributed by atoms with E-state index in [1.807, 2.05) is 0 Å². The normalized spacial score (nSPS) is 19.6. The molecule has 0 aliphatic carbocycles. The number of nitrogens with zero attached hydrogens (tertiary/aromatic N) is 1. The van der Waals surface area contributed by atoms with E-state index in [0.29, 0.717) is 12.0 Å². The molecule has 0 atom stereocenters. The van der Waals surface area contributed by atoms with Crippen molar-refractivity contribution in [3.8, 4) is 0 Å². The summed E-state index contributed by atoms with van der Waals surface area (Å²) in [6.45, 7) is 1.85. The van der Waals surface area contributed by atoms with Crippen LogP contribution >= 0.6 is 0 Å². The number of methoxy groups -OCH3 is 1. The van der Waals surface area contributed by atoms with Gasteiger partial charge in [0.25, 0.3) is 0 Å². The maximum atomic E-state index is 13.5. The Kier molecular flexibility index (Phi) is 3.51. The van der Waals surface area contributed by atoms with Gasteiger partial charge in [0.05, 0.1) is 5.60 Å². The second-order valence-corrected chi connectivity index (χ2v) is 4.27. The monoisotopic (exact) mass is 224 g/mol. The molecule has 0 amide bonds. The predicted octanol–water partition coefficient (Wildman–Crippen LogP) is 1.53. The first-order valence-electron chi connectivity index (χ1n) is 5.61. The van der Waals surface area contributed by atoms with E-state index in [2.05, 4.69) is 10.3 Å². The van der Waals surface area contributed by atoms with Gasteiger partial charge in [-0.15, -0.1) is 0 Å². The molecule has 88 valence electrons. The van der Waals surface area contributed by atoms with Gasteiger partial charge in [0.2, 0.25) is 5.95 Å². The summed E-state index contributed by atoms with van der Waals surface area (Å²) in [5, 5.41) is 3.28. The average molecular weight is 224 g/mol. The second kappa shape index (κ2) is 4.89. The van der Waals surface area contributed by atoms with E-state index in [1.54, 1.807) is 19.2 Å². The molecule has 1 saturated heterocycles. The van der Waals surface area contributed by atoms with Crippen LogP contribution in [-0.4, -0.2) is 30.8 Å². The van der Waals surface area contributed by atoms with E-state index >= 15 is 0 Å². The predicted molar refractivity (Wildman–Crippen MR) is 59.7 cm³/mol. The molecule has 2 heterocycles. The number of nitrogens with one attached hydrogen (secondary N) is 1. The topological polar surface area (TPSA) is 34.1 Å². The molecular formula is C12H17FN2O. The van der Waals surface area contributed by atoms with Crippen LogP contribution in [0, 0.1) is 5.95 Å². The van der Waals surface area contributed by atoms with Crippen molar-refractivity contribution in [3.63, 3.8) is 0 Å². The summed E-state index contributed by atoms with van der Waals surface area (Å²) >= 11 is 0. The van der Waals surface area contributed by atoms with Gasteiger partial charge in [-0.3, -0.25) is 0 Å². The van der Waals surface area contributed by atoms with E-state index in [1.165, 1.54) is 6.20 Å². The lowest BCUT2D eigenvalue weighted by Gasteiger charge is -2.36. The zero-order chi connectivity index (χ0) is 11.4. The number of hydrogen-bond acceptors (Lipinski definition) is 3. The lowest BCUT2D eigenvalue weighted by Crippen LogP contribution is -2.45. The second-order valence-electron chi connectivity index (χ2n) is 4.27. The Morgan fingerprint density at radius 3 is 2.88 bits per heavy atom. The molecule has 1 aliphatic heterocycles. The van der Waals surface area contributed by atoms with Gasteiger partial charge in [-0.05, 0) is 32.0 Å². The number of pyridine rings is 1. The Bertz CT molecular complexity index is 351. The van der Waals surface area contributed by atoms with Crippen molar-refractivity contribution in [2.75, 3.05) is 20.2 Å². The fraction of sp³-hybridized carbons (Fsp3) is 0.583. The Balaban J connectivity index is 2.15. The van der Waals surface area contributed by atoms with Gasteiger partial charge in [0.1, 0.15) is 0 Å². The zero-order valence-corrected chi connectivity index (χ0v) is 9.50. The van der Waals surface area contributed by atoms with E-state index in [9.17, 15) is 4.39 Å². The molecule has 0 bridgehead atoms. The van der Waals surface area contributed by atoms with Gasteiger partial charge in [-0.25, -0.2) is 4.98 Å². The third-order valence-corrected chi connectivity index (χ3v) is 3.30. The van der Waals surface area contributed by atoms with Gasteiger partial charge in [0, 0.05) is 25.3 Å². The Morgan fingerprint density at radius 2 is 2.25 bits per heavy atom. The average Bonchev–Trinajstić information content (AvgIpc) is 2.33. The molecular weight excluding hydrogens is 207 g/mol. The fourth-order valence-electron chi connectivity index (χ4n) is 2.23. The Hall–Kier alpha value is -1.00. The first kappa shape index (κ1) is 11.5. The van der Waals surface area contributed by atoms with Crippen LogP contribution in [0.3, 0.4) is 0 Å². The highest BCUT2D eigenvalue weighted by Crippen LogP contribution is 2.27. The third-order valence-electron chi connectivity index (χ3n) is 3.30. The number of ether oxygens (including phenoxy) is 1. The molecule has 1 aromatic rings. The highest BCUT2D eigenvalue weighted by Gasteiger charge is 2.32. The van der Waals surface area contributed by atoms with Gasteiger partial charge < -0.3 is 10.1 Å². The summed E-state index contributed by atoms with van der Waals surface area (Å²) in [4.78, 5) is 3.67. The van der Waals surface area contributed by atoms with Crippen molar-refractivity contribution >= 4 is 0 Å². The summed E-state index contributed by atoms with van der Waals surface area (Å²) < 4.78 is 19.1. The maximum Gasteiger partial charge on any atom is 0.216 e. The Labute approximate surface area is 95.0 Å². The summed E-state index contributed by atoms with van der Waals surface area (Å²) in [5.41, 5.74) is 0.418. The van der Waals surface area contributed by atoms with Crippen molar-refractivity contribution in [2.45, 2.75) is 24.9 Å². The number of aromatic nitrogens is 1. The molecule has 1 N–H and O–H groups in total. The van der Waals surface area contributed by atoms with Gasteiger partial charge in [-0.2, -0.15) is 4.39 Å². The van der Waals surface area contributed by atoms with Crippen molar-refractivity contribution in [1.82, 2.24) is 10.3 Å². The minimum absolute atomic E-state index is 0.227. The summed E-state index contributed by atoms with van der Waals surface area (Å²) in [6, 6.07) is 3.55. The molecule has 0 aromatic carbocycles. The molecule has 0 radical (unpaired) electrons. The third kappa shape index (κ3) is 2.39. The van der Waals surface area contributed by atoms with Crippen LogP contribution in [0.2, 0.25) is 0 Å². The lowest BCUT2D eigenvalue weighted by atomic mass is 9.86. The van der Waals surface area contributed by atoms with Crippen LogP contribution < -0.4 is 5.32 Å². The van der Waals surface area contributed by atoms with Crippen LogP contribution in [0.5, 0.6) is 0 Å². The van der Waals surface area contributed by atoms with Crippen LogP contribution in [0.4, 0.5) is 4.39 Å². The standard InChI is InChI=1S/C12H17FN2O/c1-16-12(4-7-14-8-5-12)9-10-3-2-6-15-11(10)13/h2-3,6,14H,4-5,7-9H2,1H3. The molecule has 3 nitrogen and oxygen atoms in total. The summed E-state index contributed by atoms with van der Waals surface area (Å²) in [5.74, 6) is -0.377. The highest BCUT2D eigenvalue weighted by atomic mass is 19.1. The van der Waals surface area contributed by atoms with Crippen LogP contribution in [-0.2, 0) is 11.2 Å². The van der Waals surface area contributed by atoms with Crippen LogP contribution in [0.15, 0.2) is 18.3 Å². The number of halogens is 1. The van der Waals surface area contributed by atoms with E-state index < -0.39 is 0 Å². The molecule has 1 aliphatic rings. The molecule has 1 fully saturated rings. The summed E-state index contributed by atoms with van der Waals surface area (Å²) in [7, 11) is 1.71. The van der Waals surface area contributed by atoms with Crippen molar-refractivity contribution in [3.05, 3.63) is 29.8 Å². The van der Waals surface area contributed by atoms with Gasteiger partial charge in [-0.1, -0.05) is 6.07 Å². The molecule has 4 heteroatoms. The smallest absolute Gasteiger partial charge is 0.216 e. The van der Waals surface area contributed by atoms with Crippen molar-refractivity contribution < 1.29 is 9.13 Å². The van der Waals surface area contributed by atoms with E-state index in [4.69, 9.17) is 4.74 Å². The fourth-order valence-corrected chi connectivity index (χ4v) is 2.23. The van der Waals surface area contributed by atoms with Gasteiger partial charge in [0.15, 0.2) is 0 Å². The highest BCUT2D eigenvalue weighted by molar-refractivity contribution is 5.14.